The highest BCUT2D eigenvalue weighted by Crippen LogP contribution is 2.40. The summed E-state index contributed by atoms with van der Waals surface area (Å²) >= 11 is 2.18. The Morgan fingerprint density at radius 1 is 1.36 bits per heavy atom. The van der Waals surface area contributed by atoms with E-state index >= 15 is 0 Å². The van der Waals surface area contributed by atoms with Crippen LogP contribution >= 0.6 is 31.4 Å². The molecule has 0 bridgehead atoms. The van der Waals surface area contributed by atoms with E-state index in [0.29, 0.717) is 31.1 Å². The van der Waals surface area contributed by atoms with E-state index in [9.17, 15) is 24.1 Å². The van der Waals surface area contributed by atoms with Crippen LogP contribution < -0.4 is 20.1 Å². The van der Waals surface area contributed by atoms with Crippen molar-refractivity contribution in [2.45, 2.75) is 31.1 Å². The van der Waals surface area contributed by atoms with E-state index in [1.54, 1.807) is 21.6 Å². The van der Waals surface area contributed by atoms with Crippen LogP contribution in [0.25, 0.3) is 0 Å². The summed E-state index contributed by atoms with van der Waals surface area (Å²) in [6, 6.07) is 4.42. The van der Waals surface area contributed by atoms with Gasteiger partial charge >= 0.3 is 0 Å². The van der Waals surface area contributed by atoms with Crippen LogP contribution in [-0.2, 0) is 39.8 Å². The molecule has 16 nitrogen and oxygen atoms in total. The van der Waals surface area contributed by atoms with Gasteiger partial charge in [0, 0.05) is 48.1 Å². The number of hydrogen-bond acceptors (Lipinski definition) is 13. The number of carboxylic acids is 1. The van der Waals surface area contributed by atoms with E-state index in [4.69, 9.17) is 14.3 Å². The molecule has 3 unspecified atom stereocenters. The second kappa shape index (κ2) is 15.1. The van der Waals surface area contributed by atoms with E-state index in [1.165, 1.54) is 17.8 Å². The second-order valence-corrected chi connectivity index (χ2v) is 13.0. The molecule has 4 atom stereocenters. The van der Waals surface area contributed by atoms with Crippen LogP contribution in [0, 0.1) is 0 Å². The van der Waals surface area contributed by atoms with Gasteiger partial charge in [0.2, 0.25) is 24.8 Å². The van der Waals surface area contributed by atoms with Gasteiger partial charge in [0.25, 0.3) is 11.8 Å². The number of aromatic nitrogens is 3. The van der Waals surface area contributed by atoms with Gasteiger partial charge < -0.3 is 34.6 Å². The highest BCUT2D eigenvalue weighted by Gasteiger charge is 2.53. The average Bonchev–Trinajstić information content (AvgIpc) is 3.50. The molecule has 2 aromatic rings. The van der Waals surface area contributed by atoms with Crippen molar-refractivity contribution in [2.75, 3.05) is 43.8 Å². The van der Waals surface area contributed by atoms with Crippen LogP contribution in [0.4, 0.5) is 5.13 Å². The molecule has 0 radical (unpaired) electrons. The zero-order valence-corrected chi connectivity index (χ0v) is 26.8. The van der Waals surface area contributed by atoms with Crippen LogP contribution in [0.5, 0.6) is 0 Å². The third kappa shape index (κ3) is 7.43. The largest absolute Gasteiger partial charge is 0.543 e. The molecular weight excluding hydrogens is 647 g/mol. The number of morpholine rings is 1. The van der Waals surface area contributed by atoms with Crippen LogP contribution in [0.1, 0.15) is 12.7 Å². The lowest BCUT2D eigenvalue weighted by molar-refractivity contribution is -0.689. The van der Waals surface area contributed by atoms with E-state index in [0.717, 1.165) is 16.4 Å². The molecule has 2 aromatic heterocycles. The molecule has 2 saturated heterocycles. The summed E-state index contributed by atoms with van der Waals surface area (Å²) in [6.07, 6.45) is 4.52. The maximum absolute atomic E-state index is 13.4. The second-order valence-electron chi connectivity index (χ2n) is 9.70. The number of oxime groups is 1. The number of nitrogens with one attached hydrogen (secondary N) is 2. The monoisotopic (exact) mass is 678 g/mol. The number of carbonyl (C=O) groups excluding carboxylic acids is 3. The molecule has 2 amide bonds. The first-order valence-electron chi connectivity index (χ1n) is 13.9. The Morgan fingerprint density at radius 3 is 2.89 bits per heavy atom. The normalized spacial score (nSPS) is 22.7. The lowest BCUT2D eigenvalue weighted by Crippen LogP contribution is -2.71. The SMILES string of the molecule is C=CCON=C(C(=O)NC1C(=O)N2C(C(=O)[O-])=C(C[n+]3ccccc3)CS[C@@H]12)c1nsc(N[PH](=O)N2CCOCC2OCC)n1. The van der Waals surface area contributed by atoms with E-state index in [-0.39, 0.29) is 42.1 Å². The van der Waals surface area contributed by atoms with E-state index in [1.807, 2.05) is 25.1 Å². The molecule has 45 heavy (non-hydrogen) atoms. The van der Waals surface area contributed by atoms with Crippen molar-refractivity contribution in [3.05, 3.63) is 60.3 Å². The van der Waals surface area contributed by atoms with Crippen LogP contribution in [0.15, 0.2) is 59.7 Å². The highest BCUT2D eigenvalue weighted by molar-refractivity contribution is 8.00. The standard InChI is InChI=1S/C26H31N8O8PS2/c1-3-11-42-29-18(21-28-26(45-31-21)30-43(39)33-10-12-40-14-17(33)41-4-2)22(35)27-19-23(36)34-20(25(37)38)16(15-44-24(19)34)13-32-8-6-5-7-9-32/h3,5-9,17,19,24,43H,1,4,10-15H2,2H3,(H2-,27,28,30,31,35,37,38,39)/t17?,19?,24-/m0/s1. The van der Waals surface area contributed by atoms with Gasteiger partial charge in [0.05, 0.1) is 24.9 Å². The van der Waals surface area contributed by atoms with Gasteiger partial charge in [-0.1, -0.05) is 23.9 Å². The number of rotatable bonds is 14. The average molecular weight is 679 g/mol. The topological polar surface area (TPSA) is 192 Å². The molecule has 0 aliphatic carbocycles. The Kier molecular flexibility index (Phi) is 11.0. The molecule has 2 fully saturated rings. The number of nitrogens with zero attached hydrogens (tertiary/aromatic N) is 6. The van der Waals surface area contributed by atoms with Crippen molar-refractivity contribution in [2.24, 2.45) is 5.16 Å². The number of ether oxygens (including phenoxy) is 2. The molecule has 0 spiro atoms. The van der Waals surface area contributed by atoms with Crippen molar-refractivity contribution in [3.8, 4) is 0 Å². The predicted molar refractivity (Wildman–Crippen MR) is 162 cm³/mol. The van der Waals surface area contributed by atoms with Crippen molar-refractivity contribution >= 4 is 60.0 Å². The van der Waals surface area contributed by atoms with Gasteiger partial charge in [0.15, 0.2) is 18.9 Å². The molecular formula is C26H31N8O8PS2. The summed E-state index contributed by atoms with van der Waals surface area (Å²) in [5.74, 6) is -2.71. The molecule has 3 aliphatic rings. The molecule has 5 rings (SSSR count). The molecule has 2 N–H and O–H groups in total. The van der Waals surface area contributed by atoms with Gasteiger partial charge in [-0.05, 0) is 6.92 Å². The lowest BCUT2D eigenvalue weighted by atomic mass is 10.0. The van der Waals surface area contributed by atoms with E-state index in [2.05, 4.69) is 31.5 Å². The third-order valence-corrected chi connectivity index (χ3v) is 10.4. The Balaban J connectivity index is 1.29. The summed E-state index contributed by atoms with van der Waals surface area (Å²) in [7, 11) is -2.60. The first-order valence-corrected chi connectivity index (χ1v) is 17.0. The van der Waals surface area contributed by atoms with Crippen LogP contribution in [0.2, 0.25) is 0 Å². The zero-order valence-electron chi connectivity index (χ0n) is 24.1. The molecule has 240 valence electrons. The Labute approximate surface area is 267 Å². The van der Waals surface area contributed by atoms with Gasteiger partial charge in [-0.3, -0.25) is 19.1 Å². The number of anilines is 1. The van der Waals surface area contributed by atoms with Gasteiger partial charge in [-0.15, -0.1) is 11.8 Å². The van der Waals surface area contributed by atoms with Crippen molar-refractivity contribution in [1.29, 1.82) is 0 Å². The Bertz CT molecular complexity index is 1520. The highest BCUT2D eigenvalue weighted by atomic mass is 32.2. The fourth-order valence-corrected chi connectivity index (χ4v) is 8.07. The quantitative estimate of drug-likeness (QED) is 0.0487. The number of pyridine rings is 1. The van der Waals surface area contributed by atoms with Gasteiger partial charge in [0.1, 0.15) is 24.3 Å². The molecule has 3 aliphatic heterocycles. The van der Waals surface area contributed by atoms with Gasteiger partial charge in [-0.25, -0.2) is 9.24 Å². The summed E-state index contributed by atoms with van der Waals surface area (Å²) in [6.45, 7) is 7.10. The number of carbonyl (C=O) groups is 3. The van der Waals surface area contributed by atoms with Crippen molar-refractivity contribution in [1.82, 2.24) is 24.2 Å². The molecule has 0 saturated carbocycles. The number of carboxylic acid groups (broad SMARTS) is 1. The fourth-order valence-electron chi connectivity index (χ4n) is 4.78. The fraction of sp³-hybridized carbons (Fsp3) is 0.423. The lowest BCUT2D eigenvalue weighted by Gasteiger charge is -2.50. The summed E-state index contributed by atoms with van der Waals surface area (Å²) in [5, 5.41) is 20.9. The van der Waals surface area contributed by atoms with Crippen molar-refractivity contribution in [3.63, 3.8) is 0 Å². The predicted octanol–water partition coefficient (Wildman–Crippen LogP) is -0.667. The number of aliphatic carboxylic acids is 1. The molecule has 5 heterocycles. The Hall–Kier alpha value is -3.67. The number of hydrogen-bond donors (Lipinski definition) is 2. The summed E-state index contributed by atoms with van der Waals surface area (Å²) < 4.78 is 31.8. The first kappa shape index (κ1) is 32.7. The minimum Gasteiger partial charge on any atom is -0.543 e. The van der Waals surface area contributed by atoms with E-state index < -0.39 is 43.5 Å². The maximum atomic E-state index is 13.4. The molecule has 19 heteroatoms. The number of amides is 2. The minimum atomic E-state index is -2.60. The maximum Gasteiger partial charge on any atom is 0.278 e. The number of fused-ring (bicyclic) bond motifs is 1. The summed E-state index contributed by atoms with van der Waals surface area (Å²) in [5.41, 5.74) is -0.0164. The molecule has 0 aromatic carbocycles. The number of thioether (sulfide) groups is 1. The van der Waals surface area contributed by atoms with Crippen molar-refractivity contribution < 1.29 is 42.9 Å². The smallest absolute Gasteiger partial charge is 0.278 e. The minimum absolute atomic E-state index is 0.0217. The zero-order chi connectivity index (χ0) is 31.9. The summed E-state index contributed by atoms with van der Waals surface area (Å²) in [4.78, 5) is 49.3. The van der Waals surface area contributed by atoms with Gasteiger partial charge in [-0.2, -0.15) is 9.36 Å². The van der Waals surface area contributed by atoms with Crippen LogP contribution in [0.3, 0.4) is 0 Å². The van der Waals surface area contributed by atoms with Crippen LogP contribution in [-0.4, -0.2) is 98.8 Å². The Morgan fingerprint density at radius 2 is 2.16 bits per heavy atom. The first-order chi connectivity index (χ1) is 21.8. The third-order valence-electron chi connectivity index (χ3n) is 6.80. The number of β-lactam (4-membered cyclic amide) rings is 1.